The molecule has 108 valence electrons. The fourth-order valence-corrected chi connectivity index (χ4v) is 2.27. The Bertz CT molecular complexity index is 536. The molecule has 1 aromatic carbocycles. The zero-order valence-electron chi connectivity index (χ0n) is 12.5. The number of aryl methyl sites for hydroxylation is 1. The van der Waals surface area contributed by atoms with Crippen molar-refractivity contribution in [3.63, 3.8) is 0 Å². The highest BCUT2D eigenvalue weighted by atomic mass is 16.5. The first-order valence-corrected chi connectivity index (χ1v) is 7.13. The fraction of sp³-hybridized carbons (Fsp3) is 0.438. The molecule has 1 unspecified atom stereocenters. The van der Waals surface area contributed by atoms with Gasteiger partial charge in [0.05, 0.1) is 6.61 Å². The highest BCUT2D eigenvalue weighted by Crippen LogP contribution is 2.24. The van der Waals surface area contributed by atoms with Gasteiger partial charge in [0.1, 0.15) is 11.6 Å². The molecule has 4 nitrogen and oxygen atoms in total. The Kier molecular flexibility index (Phi) is 5.18. The first kappa shape index (κ1) is 14.6. The van der Waals surface area contributed by atoms with Crippen LogP contribution in [0.1, 0.15) is 31.3 Å². The minimum absolute atomic E-state index is 0.262. The monoisotopic (exact) mass is 273 g/mol. The number of hydrogen-bond acceptors (Lipinski definition) is 3. The molecule has 0 radical (unpaired) electrons. The molecule has 1 N–H and O–H groups in total. The molecule has 0 aliphatic heterocycles. The number of para-hydroxylation sites is 1. The Balaban J connectivity index is 1.91. The molecule has 0 saturated carbocycles. The minimum Gasteiger partial charge on any atom is -0.494 e. The number of imidazole rings is 1. The van der Waals surface area contributed by atoms with Crippen molar-refractivity contribution in [3.05, 3.63) is 48.0 Å². The molecule has 2 rings (SSSR count). The van der Waals surface area contributed by atoms with Crippen molar-refractivity contribution < 1.29 is 4.74 Å². The molecule has 0 spiro atoms. The molecule has 0 bridgehead atoms. The van der Waals surface area contributed by atoms with Crippen LogP contribution in [0, 0.1) is 0 Å². The number of aromatic nitrogens is 2. The number of ether oxygens (including phenoxy) is 1. The van der Waals surface area contributed by atoms with Crippen molar-refractivity contribution >= 4 is 0 Å². The standard InChI is InChI=1S/C16H23N3O/c1-4-20-15-8-6-5-7-14(15)13(2)17-10-9-16-18-11-12-19(16)3/h5-8,11-13,17H,4,9-10H2,1-3H3. The van der Waals surface area contributed by atoms with Crippen LogP contribution < -0.4 is 10.1 Å². The number of hydrogen-bond donors (Lipinski definition) is 1. The molecule has 20 heavy (non-hydrogen) atoms. The Morgan fingerprint density at radius 2 is 2.15 bits per heavy atom. The maximum atomic E-state index is 5.67. The summed E-state index contributed by atoms with van der Waals surface area (Å²) in [6.45, 7) is 5.76. The average Bonchev–Trinajstić information content (AvgIpc) is 2.85. The lowest BCUT2D eigenvalue weighted by Crippen LogP contribution is -2.22. The lowest BCUT2D eigenvalue weighted by molar-refractivity contribution is 0.332. The molecule has 2 aromatic rings. The van der Waals surface area contributed by atoms with Gasteiger partial charge in [-0.3, -0.25) is 0 Å². The Labute approximate surface area is 120 Å². The van der Waals surface area contributed by atoms with Gasteiger partial charge in [0, 0.05) is 44.0 Å². The first-order valence-electron chi connectivity index (χ1n) is 7.13. The fourth-order valence-electron chi connectivity index (χ4n) is 2.27. The normalized spacial score (nSPS) is 12.3. The van der Waals surface area contributed by atoms with Gasteiger partial charge >= 0.3 is 0 Å². The summed E-state index contributed by atoms with van der Waals surface area (Å²) >= 11 is 0. The van der Waals surface area contributed by atoms with E-state index >= 15 is 0 Å². The van der Waals surface area contributed by atoms with E-state index in [1.807, 2.05) is 38.5 Å². The lowest BCUT2D eigenvalue weighted by atomic mass is 10.1. The Hall–Kier alpha value is -1.81. The van der Waals surface area contributed by atoms with Crippen LogP contribution in [0.3, 0.4) is 0 Å². The first-order chi connectivity index (χ1) is 9.72. The molecule has 0 fully saturated rings. The van der Waals surface area contributed by atoms with Crippen LogP contribution >= 0.6 is 0 Å². The summed E-state index contributed by atoms with van der Waals surface area (Å²) in [5.41, 5.74) is 1.20. The van der Waals surface area contributed by atoms with Crippen molar-refractivity contribution in [2.75, 3.05) is 13.2 Å². The van der Waals surface area contributed by atoms with E-state index in [1.165, 1.54) is 5.56 Å². The summed E-state index contributed by atoms with van der Waals surface area (Å²) in [7, 11) is 2.02. The van der Waals surface area contributed by atoms with Gasteiger partial charge < -0.3 is 14.6 Å². The van der Waals surface area contributed by atoms with Crippen molar-refractivity contribution in [3.8, 4) is 5.75 Å². The van der Waals surface area contributed by atoms with E-state index in [0.717, 1.165) is 24.5 Å². The van der Waals surface area contributed by atoms with Gasteiger partial charge in [-0.15, -0.1) is 0 Å². The summed E-state index contributed by atoms with van der Waals surface area (Å²) in [6, 6.07) is 8.46. The van der Waals surface area contributed by atoms with Gasteiger partial charge in [0.2, 0.25) is 0 Å². The molecule has 4 heteroatoms. The van der Waals surface area contributed by atoms with Crippen LogP contribution in [0.5, 0.6) is 5.75 Å². The molecule has 1 heterocycles. The Morgan fingerprint density at radius 3 is 2.85 bits per heavy atom. The molecule has 1 aromatic heterocycles. The highest BCUT2D eigenvalue weighted by molar-refractivity contribution is 5.35. The molecular weight excluding hydrogens is 250 g/mol. The van der Waals surface area contributed by atoms with Gasteiger partial charge in [0.15, 0.2) is 0 Å². The van der Waals surface area contributed by atoms with E-state index in [4.69, 9.17) is 4.74 Å². The van der Waals surface area contributed by atoms with E-state index in [0.29, 0.717) is 6.61 Å². The lowest BCUT2D eigenvalue weighted by Gasteiger charge is -2.17. The van der Waals surface area contributed by atoms with Gasteiger partial charge in [-0.25, -0.2) is 4.98 Å². The zero-order valence-corrected chi connectivity index (χ0v) is 12.5. The minimum atomic E-state index is 0.262. The number of nitrogens with zero attached hydrogens (tertiary/aromatic N) is 2. The van der Waals surface area contributed by atoms with E-state index in [9.17, 15) is 0 Å². The van der Waals surface area contributed by atoms with Crippen LogP contribution in [-0.4, -0.2) is 22.7 Å². The molecule has 0 aliphatic rings. The van der Waals surface area contributed by atoms with Crippen molar-refractivity contribution in [2.45, 2.75) is 26.3 Å². The van der Waals surface area contributed by atoms with Gasteiger partial charge in [-0.2, -0.15) is 0 Å². The second kappa shape index (κ2) is 7.10. The smallest absolute Gasteiger partial charge is 0.124 e. The van der Waals surface area contributed by atoms with E-state index in [2.05, 4.69) is 33.9 Å². The summed E-state index contributed by atoms with van der Waals surface area (Å²) in [4.78, 5) is 4.33. The maximum absolute atomic E-state index is 5.67. The predicted octanol–water partition coefficient (Wildman–Crippen LogP) is 2.71. The van der Waals surface area contributed by atoms with Crippen molar-refractivity contribution in [1.29, 1.82) is 0 Å². The third-order valence-corrected chi connectivity index (χ3v) is 3.41. The summed E-state index contributed by atoms with van der Waals surface area (Å²) in [5, 5.41) is 3.53. The third-order valence-electron chi connectivity index (χ3n) is 3.41. The van der Waals surface area contributed by atoms with Crippen LogP contribution in [0.15, 0.2) is 36.7 Å². The van der Waals surface area contributed by atoms with Crippen LogP contribution in [0.25, 0.3) is 0 Å². The maximum Gasteiger partial charge on any atom is 0.124 e. The van der Waals surface area contributed by atoms with Gasteiger partial charge in [-0.1, -0.05) is 18.2 Å². The molecule has 1 atom stereocenters. The molecule has 0 saturated heterocycles. The summed E-state index contributed by atoms with van der Waals surface area (Å²) in [5.74, 6) is 2.06. The van der Waals surface area contributed by atoms with E-state index in [1.54, 1.807) is 0 Å². The molecular formula is C16H23N3O. The van der Waals surface area contributed by atoms with Crippen LogP contribution in [0.2, 0.25) is 0 Å². The predicted molar refractivity (Wildman–Crippen MR) is 80.9 cm³/mol. The zero-order chi connectivity index (χ0) is 14.4. The van der Waals surface area contributed by atoms with Gasteiger partial charge in [-0.05, 0) is 19.9 Å². The summed E-state index contributed by atoms with van der Waals surface area (Å²) < 4.78 is 7.73. The largest absolute Gasteiger partial charge is 0.494 e. The second-order valence-corrected chi connectivity index (χ2v) is 4.85. The van der Waals surface area contributed by atoms with Crippen LogP contribution in [0.4, 0.5) is 0 Å². The number of rotatable bonds is 7. The molecule has 0 amide bonds. The van der Waals surface area contributed by atoms with E-state index < -0.39 is 0 Å². The second-order valence-electron chi connectivity index (χ2n) is 4.85. The summed E-state index contributed by atoms with van der Waals surface area (Å²) in [6.07, 6.45) is 4.73. The quantitative estimate of drug-likeness (QED) is 0.843. The van der Waals surface area contributed by atoms with Crippen molar-refractivity contribution in [2.24, 2.45) is 7.05 Å². The van der Waals surface area contributed by atoms with Gasteiger partial charge in [0.25, 0.3) is 0 Å². The number of benzene rings is 1. The van der Waals surface area contributed by atoms with Crippen molar-refractivity contribution in [1.82, 2.24) is 14.9 Å². The SMILES string of the molecule is CCOc1ccccc1C(C)NCCc1nccn1C. The van der Waals surface area contributed by atoms with Crippen LogP contribution in [-0.2, 0) is 13.5 Å². The Morgan fingerprint density at radius 1 is 1.35 bits per heavy atom. The molecule has 0 aliphatic carbocycles. The third kappa shape index (κ3) is 3.61. The topological polar surface area (TPSA) is 39.1 Å². The number of nitrogens with one attached hydrogen (secondary N) is 1. The average molecular weight is 273 g/mol. The highest BCUT2D eigenvalue weighted by Gasteiger charge is 2.10. The van der Waals surface area contributed by atoms with E-state index in [-0.39, 0.29) is 6.04 Å².